The van der Waals surface area contributed by atoms with Gasteiger partial charge < -0.3 is 16.4 Å². The highest BCUT2D eigenvalue weighted by molar-refractivity contribution is 5.95. The lowest BCUT2D eigenvalue weighted by atomic mass is 10.1. The summed E-state index contributed by atoms with van der Waals surface area (Å²) in [5.74, 6) is 1.73. The first-order valence-electron chi connectivity index (χ1n) is 9.38. The molecule has 2 aromatic heterocycles. The molecule has 4 N–H and O–H groups in total. The maximum absolute atomic E-state index is 6.07. The molecule has 1 aliphatic rings. The highest BCUT2D eigenvalue weighted by Gasteiger charge is 2.22. The Hall–Kier alpha value is -3.12. The van der Waals surface area contributed by atoms with E-state index in [2.05, 4.69) is 58.2 Å². The molecule has 0 spiro atoms. The van der Waals surface area contributed by atoms with Crippen LogP contribution in [-0.4, -0.2) is 26.7 Å². The molecule has 136 valence electrons. The van der Waals surface area contributed by atoms with E-state index in [1.165, 1.54) is 10.8 Å². The van der Waals surface area contributed by atoms with E-state index in [4.69, 9.17) is 10.7 Å². The van der Waals surface area contributed by atoms with Gasteiger partial charge in [0.05, 0.1) is 6.20 Å². The number of fused-ring (bicyclic) bond motifs is 2. The second-order valence-electron chi connectivity index (χ2n) is 7.19. The number of nitrogens with one attached hydrogen (secondary N) is 2. The van der Waals surface area contributed by atoms with E-state index in [1.54, 1.807) is 6.20 Å². The molecule has 0 bridgehead atoms. The molecule has 1 saturated carbocycles. The molecule has 0 radical (unpaired) electrons. The van der Waals surface area contributed by atoms with E-state index in [1.807, 2.05) is 16.6 Å². The molecule has 2 aromatic carbocycles. The molecule has 0 aliphatic heterocycles. The van der Waals surface area contributed by atoms with Crippen molar-refractivity contribution in [2.75, 3.05) is 10.6 Å². The minimum absolute atomic E-state index is 0.283. The standard InChI is InChI=1S/C21H22N6/c22-15-8-9-16(12-15)24-21-13-19(26-20-10-11-23-27(20)21)25-18-7-3-5-14-4-1-2-6-17(14)18/h1-7,10-11,13,15-16,24H,8-9,12,22H2,(H,25,26)/t15-,16-/m0/s1. The van der Waals surface area contributed by atoms with Crippen molar-refractivity contribution in [3.05, 3.63) is 60.8 Å². The zero-order valence-electron chi connectivity index (χ0n) is 15.0. The third-order valence-corrected chi connectivity index (χ3v) is 5.24. The van der Waals surface area contributed by atoms with Crippen molar-refractivity contribution in [3.63, 3.8) is 0 Å². The molecular formula is C21H22N6. The van der Waals surface area contributed by atoms with E-state index in [0.717, 1.165) is 42.2 Å². The number of hydrogen-bond acceptors (Lipinski definition) is 5. The van der Waals surface area contributed by atoms with Crippen LogP contribution in [0.4, 0.5) is 17.3 Å². The van der Waals surface area contributed by atoms with Crippen molar-refractivity contribution in [3.8, 4) is 0 Å². The van der Waals surface area contributed by atoms with E-state index in [-0.39, 0.29) is 6.04 Å². The Morgan fingerprint density at radius 1 is 1.04 bits per heavy atom. The summed E-state index contributed by atoms with van der Waals surface area (Å²) in [4.78, 5) is 4.71. The van der Waals surface area contributed by atoms with Crippen molar-refractivity contribution < 1.29 is 0 Å². The summed E-state index contributed by atoms with van der Waals surface area (Å²) in [6.45, 7) is 0. The first kappa shape index (κ1) is 16.1. The fourth-order valence-corrected chi connectivity index (χ4v) is 3.91. The zero-order valence-corrected chi connectivity index (χ0v) is 15.0. The average molecular weight is 358 g/mol. The summed E-state index contributed by atoms with van der Waals surface area (Å²) in [6.07, 6.45) is 4.90. The normalized spacial score (nSPS) is 19.6. The third-order valence-electron chi connectivity index (χ3n) is 5.24. The van der Waals surface area contributed by atoms with Crippen LogP contribution in [0.5, 0.6) is 0 Å². The molecule has 6 nitrogen and oxygen atoms in total. The molecule has 1 fully saturated rings. The van der Waals surface area contributed by atoms with Crippen molar-refractivity contribution in [2.45, 2.75) is 31.3 Å². The summed E-state index contributed by atoms with van der Waals surface area (Å²) in [5, 5.41) is 13.9. The van der Waals surface area contributed by atoms with Gasteiger partial charge in [-0.05, 0) is 30.7 Å². The predicted octanol–water partition coefficient (Wildman–Crippen LogP) is 3.92. The Labute approximate surface area is 157 Å². The van der Waals surface area contributed by atoms with Gasteiger partial charge in [0.15, 0.2) is 5.65 Å². The van der Waals surface area contributed by atoms with E-state index < -0.39 is 0 Å². The summed E-state index contributed by atoms with van der Waals surface area (Å²) < 4.78 is 1.85. The van der Waals surface area contributed by atoms with Gasteiger partial charge in [-0.15, -0.1) is 0 Å². The van der Waals surface area contributed by atoms with Gasteiger partial charge in [-0.2, -0.15) is 9.61 Å². The minimum atomic E-state index is 0.283. The highest BCUT2D eigenvalue weighted by atomic mass is 15.3. The Morgan fingerprint density at radius 3 is 2.81 bits per heavy atom. The molecular weight excluding hydrogens is 336 g/mol. The quantitative estimate of drug-likeness (QED) is 0.515. The first-order valence-corrected chi connectivity index (χ1v) is 9.38. The number of nitrogens with two attached hydrogens (primary N) is 1. The van der Waals surface area contributed by atoms with Crippen LogP contribution in [0, 0.1) is 0 Å². The monoisotopic (exact) mass is 358 g/mol. The molecule has 4 aromatic rings. The van der Waals surface area contributed by atoms with E-state index in [9.17, 15) is 0 Å². The fourth-order valence-electron chi connectivity index (χ4n) is 3.91. The van der Waals surface area contributed by atoms with Crippen LogP contribution in [0.3, 0.4) is 0 Å². The van der Waals surface area contributed by atoms with Crippen LogP contribution in [-0.2, 0) is 0 Å². The number of rotatable bonds is 4. The second-order valence-corrected chi connectivity index (χ2v) is 7.19. The third kappa shape index (κ3) is 3.08. The van der Waals surface area contributed by atoms with Gasteiger partial charge in [-0.25, -0.2) is 4.98 Å². The Kier molecular flexibility index (Phi) is 3.90. The Balaban J connectivity index is 1.51. The fraction of sp³-hybridized carbons (Fsp3) is 0.238. The number of benzene rings is 2. The number of anilines is 3. The van der Waals surface area contributed by atoms with Crippen molar-refractivity contribution in [1.82, 2.24) is 14.6 Å². The van der Waals surface area contributed by atoms with Gasteiger partial charge in [0.25, 0.3) is 0 Å². The number of nitrogens with zero attached hydrogens (tertiary/aromatic N) is 3. The molecule has 27 heavy (non-hydrogen) atoms. The molecule has 0 saturated heterocycles. The van der Waals surface area contributed by atoms with Crippen LogP contribution in [0.25, 0.3) is 16.4 Å². The number of hydrogen-bond donors (Lipinski definition) is 3. The lowest BCUT2D eigenvalue weighted by molar-refractivity contribution is 0.684. The topological polar surface area (TPSA) is 80.3 Å². The Morgan fingerprint density at radius 2 is 1.93 bits per heavy atom. The van der Waals surface area contributed by atoms with E-state index in [0.29, 0.717) is 6.04 Å². The lowest BCUT2D eigenvalue weighted by Gasteiger charge is -2.16. The predicted molar refractivity (Wildman–Crippen MR) is 109 cm³/mol. The lowest BCUT2D eigenvalue weighted by Crippen LogP contribution is -2.22. The van der Waals surface area contributed by atoms with Gasteiger partial charge in [0, 0.05) is 35.3 Å². The van der Waals surface area contributed by atoms with Crippen LogP contribution in [0.15, 0.2) is 60.8 Å². The molecule has 0 amide bonds. The molecule has 1 aliphatic carbocycles. The minimum Gasteiger partial charge on any atom is -0.367 e. The maximum Gasteiger partial charge on any atom is 0.159 e. The molecule has 2 atom stereocenters. The SMILES string of the molecule is N[C@H]1CC[C@H](Nc2cc(Nc3cccc4ccccc34)nc3ccnn23)C1. The van der Waals surface area contributed by atoms with Crippen LogP contribution < -0.4 is 16.4 Å². The smallest absolute Gasteiger partial charge is 0.159 e. The van der Waals surface area contributed by atoms with Gasteiger partial charge in [-0.3, -0.25) is 0 Å². The van der Waals surface area contributed by atoms with Crippen LogP contribution in [0.2, 0.25) is 0 Å². The summed E-state index contributed by atoms with van der Waals surface area (Å²) in [6, 6.07) is 19.2. The van der Waals surface area contributed by atoms with Gasteiger partial charge in [0.1, 0.15) is 11.6 Å². The Bertz CT molecular complexity index is 1100. The summed E-state index contributed by atoms with van der Waals surface area (Å²) in [7, 11) is 0. The summed E-state index contributed by atoms with van der Waals surface area (Å²) in [5.41, 5.74) is 7.92. The summed E-state index contributed by atoms with van der Waals surface area (Å²) >= 11 is 0. The molecule has 0 unspecified atom stereocenters. The van der Waals surface area contributed by atoms with Gasteiger partial charge >= 0.3 is 0 Å². The first-order chi connectivity index (χ1) is 13.3. The van der Waals surface area contributed by atoms with Crippen molar-refractivity contribution in [1.29, 1.82) is 0 Å². The van der Waals surface area contributed by atoms with Gasteiger partial charge in [0.2, 0.25) is 0 Å². The van der Waals surface area contributed by atoms with Gasteiger partial charge in [-0.1, -0.05) is 36.4 Å². The largest absolute Gasteiger partial charge is 0.367 e. The molecule has 5 rings (SSSR count). The van der Waals surface area contributed by atoms with E-state index >= 15 is 0 Å². The van der Waals surface area contributed by atoms with Crippen LogP contribution >= 0.6 is 0 Å². The van der Waals surface area contributed by atoms with Crippen molar-refractivity contribution in [2.24, 2.45) is 5.73 Å². The molecule has 6 heteroatoms. The van der Waals surface area contributed by atoms with Crippen molar-refractivity contribution >= 4 is 33.7 Å². The van der Waals surface area contributed by atoms with Crippen LogP contribution in [0.1, 0.15) is 19.3 Å². The molecule has 2 heterocycles. The maximum atomic E-state index is 6.07. The zero-order chi connectivity index (χ0) is 18.2. The average Bonchev–Trinajstić information content (AvgIpc) is 3.31. The number of aromatic nitrogens is 3. The second kappa shape index (κ2) is 6.55. The highest BCUT2D eigenvalue weighted by Crippen LogP contribution is 2.28.